The van der Waals surface area contributed by atoms with E-state index in [1.807, 2.05) is 35.7 Å². The summed E-state index contributed by atoms with van der Waals surface area (Å²) < 4.78 is 1.72. The van der Waals surface area contributed by atoms with Crippen LogP contribution in [-0.2, 0) is 6.42 Å². The minimum Gasteiger partial charge on any atom is -0.350 e. The zero-order valence-electron chi connectivity index (χ0n) is 14.3. The molecule has 3 heterocycles. The van der Waals surface area contributed by atoms with Crippen LogP contribution < -0.4 is 5.32 Å². The maximum atomic E-state index is 12.2. The lowest BCUT2D eigenvalue weighted by Gasteiger charge is -2.04. The van der Waals surface area contributed by atoms with Gasteiger partial charge in [-0.1, -0.05) is 30.3 Å². The highest BCUT2D eigenvalue weighted by Gasteiger charge is 2.09. The number of aromatic nitrogens is 5. The normalized spacial score (nSPS) is 10.7. The Balaban J connectivity index is 1.31. The van der Waals surface area contributed by atoms with Crippen molar-refractivity contribution < 1.29 is 4.79 Å². The molecule has 0 aliphatic carbocycles. The number of nitrogens with zero attached hydrogens (tertiary/aromatic N) is 5. The predicted octanol–water partition coefficient (Wildman–Crippen LogP) is 2.76. The first-order valence-corrected chi connectivity index (χ1v) is 9.27. The van der Waals surface area contributed by atoms with Gasteiger partial charge in [0.15, 0.2) is 11.5 Å². The molecule has 1 aromatic carbocycles. The Morgan fingerprint density at radius 1 is 1.11 bits per heavy atom. The third-order valence-electron chi connectivity index (χ3n) is 3.89. The Hall–Kier alpha value is -3.39. The summed E-state index contributed by atoms with van der Waals surface area (Å²) in [5.41, 5.74) is 2.34. The Kier molecular flexibility index (Phi) is 4.97. The highest BCUT2D eigenvalue weighted by Crippen LogP contribution is 2.23. The summed E-state index contributed by atoms with van der Waals surface area (Å²) in [6.45, 7) is 0.488. The van der Waals surface area contributed by atoms with Gasteiger partial charge in [0, 0.05) is 36.3 Å². The standard InChI is InChI=1S/C19H16N6OS/c26-18(16-6-7-17(24-23-16)25-11-10-20-13-25)21-9-8-15-12-27-19(22-15)14-4-2-1-3-5-14/h1-7,10-13H,8-9H2,(H,21,26). The van der Waals surface area contributed by atoms with Crippen molar-refractivity contribution >= 4 is 17.2 Å². The molecule has 0 unspecified atom stereocenters. The van der Waals surface area contributed by atoms with E-state index >= 15 is 0 Å². The summed E-state index contributed by atoms with van der Waals surface area (Å²) in [6.07, 6.45) is 5.71. The molecule has 0 fully saturated rings. The van der Waals surface area contributed by atoms with Crippen molar-refractivity contribution in [3.05, 3.63) is 78.0 Å². The van der Waals surface area contributed by atoms with Gasteiger partial charge in [-0.05, 0) is 12.1 Å². The number of hydrogen-bond donors (Lipinski definition) is 1. The number of nitrogens with one attached hydrogen (secondary N) is 1. The van der Waals surface area contributed by atoms with Crippen molar-refractivity contribution in [2.75, 3.05) is 6.54 Å². The first-order chi connectivity index (χ1) is 13.3. The molecule has 0 aliphatic rings. The van der Waals surface area contributed by atoms with Crippen LogP contribution in [0.15, 0.2) is 66.6 Å². The van der Waals surface area contributed by atoms with Gasteiger partial charge in [-0.15, -0.1) is 21.5 Å². The van der Waals surface area contributed by atoms with Gasteiger partial charge < -0.3 is 5.32 Å². The van der Waals surface area contributed by atoms with E-state index in [0.717, 1.165) is 16.3 Å². The van der Waals surface area contributed by atoms with E-state index in [1.165, 1.54) is 0 Å². The Labute approximate surface area is 159 Å². The molecule has 0 radical (unpaired) electrons. The molecule has 0 atom stereocenters. The van der Waals surface area contributed by atoms with E-state index < -0.39 is 0 Å². The molecule has 0 bridgehead atoms. The smallest absolute Gasteiger partial charge is 0.271 e. The Bertz CT molecular complexity index is 1010. The molecular formula is C19H16N6OS. The van der Waals surface area contributed by atoms with Crippen LogP contribution in [0.5, 0.6) is 0 Å². The number of thiazole rings is 1. The molecule has 3 aromatic heterocycles. The second-order valence-electron chi connectivity index (χ2n) is 5.76. The van der Waals surface area contributed by atoms with E-state index in [9.17, 15) is 4.79 Å². The summed E-state index contributed by atoms with van der Waals surface area (Å²) in [6, 6.07) is 13.4. The van der Waals surface area contributed by atoms with Gasteiger partial charge in [-0.2, -0.15) is 0 Å². The molecule has 7 nitrogen and oxygen atoms in total. The fourth-order valence-corrected chi connectivity index (χ4v) is 3.37. The van der Waals surface area contributed by atoms with E-state index in [1.54, 1.807) is 46.8 Å². The fourth-order valence-electron chi connectivity index (χ4n) is 2.51. The number of benzene rings is 1. The SMILES string of the molecule is O=C(NCCc1csc(-c2ccccc2)n1)c1ccc(-n2ccnc2)nn1. The van der Waals surface area contributed by atoms with Crippen LogP contribution >= 0.6 is 11.3 Å². The summed E-state index contributed by atoms with van der Waals surface area (Å²) in [4.78, 5) is 20.8. The second-order valence-corrected chi connectivity index (χ2v) is 6.62. The largest absolute Gasteiger partial charge is 0.350 e. The molecule has 8 heteroatoms. The lowest BCUT2D eigenvalue weighted by atomic mass is 10.2. The average molecular weight is 376 g/mol. The number of carbonyl (C=O) groups is 1. The Morgan fingerprint density at radius 2 is 2.00 bits per heavy atom. The maximum Gasteiger partial charge on any atom is 0.271 e. The molecule has 4 rings (SSSR count). The number of amides is 1. The van der Waals surface area contributed by atoms with Gasteiger partial charge in [0.05, 0.1) is 5.69 Å². The average Bonchev–Trinajstić information content (AvgIpc) is 3.41. The van der Waals surface area contributed by atoms with Crippen molar-refractivity contribution in [1.29, 1.82) is 0 Å². The quantitative estimate of drug-likeness (QED) is 0.559. The number of rotatable bonds is 6. The van der Waals surface area contributed by atoms with Gasteiger partial charge in [-0.25, -0.2) is 9.97 Å². The predicted molar refractivity (Wildman–Crippen MR) is 103 cm³/mol. The topological polar surface area (TPSA) is 85.6 Å². The summed E-state index contributed by atoms with van der Waals surface area (Å²) in [5, 5.41) is 13.9. The third-order valence-corrected chi connectivity index (χ3v) is 4.83. The number of carbonyl (C=O) groups excluding carboxylic acids is 1. The maximum absolute atomic E-state index is 12.2. The molecule has 0 saturated carbocycles. The van der Waals surface area contributed by atoms with E-state index in [-0.39, 0.29) is 11.6 Å². The minimum atomic E-state index is -0.252. The number of imidazole rings is 1. The van der Waals surface area contributed by atoms with Crippen LogP contribution in [0.3, 0.4) is 0 Å². The van der Waals surface area contributed by atoms with E-state index in [4.69, 9.17) is 0 Å². The van der Waals surface area contributed by atoms with Crippen molar-refractivity contribution in [1.82, 2.24) is 30.0 Å². The molecule has 0 spiro atoms. The monoisotopic (exact) mass is 376 g/mol. The first kappa shape index (κ1) is 17.0. The van der Waals surface area contributed by atoms with Crippen molar-refractivity contribution in [2.45, 2.75) is 6.42 Å². The molecule has 0 saturated heterocycles. The highest BCUT2D eigenvalue weighted by atomic mass is 32.1. The molecule has 27 heavy (non-hydrogen) atoms. The highest BCUT2D eigenvalue weighted by molar-refractivity contribution is 7.13. The molecule has 4 aromatic rings. The Morgan fingerprint density at radius 3 is 2.74 bits per heavy atom. The zero-order chi connectivity index (χ0) is 18.5. The first-order valence-electron chi connectivity index (χ1n) is 8.40. The summed E-state index contributed by atoms with van der Waals surface area (Å²) in [7, 11) is 0. The van der Waals surface area contributed by atoms with Crippen molar-refractivity contribution in [3.63, 3.8) is 0 Å². The molecule has 0 aliphatic heterocycles. The van der Waals surface area contributed by atoms with Gasteiger partial charge in [0.1, 0.15) is 11.3 Å². The third kappa shape index (κ3) is 4.06. The van der Waals surface area contributed by atoms with Crippen LogP contribution in [0.25, 0.3) is 16.4 Å². The summed E-state index contributed by atoms with van der Waals surface area (Å²) >= 11 is 1.60. The lowest BCUT2D eigenvalue weighted by molar-refractivity contribution is 0.0948. The minimum absolute atomic E-state index is 0.252. The van der Waals surface area contributed by atoms with Gasteiger partial charge in [-0.3, -0.25) is 9.36 Å². The lowest BCUT2D eigenvalue weighted by Crippen LogP contribution is -2.27. The molecule has 1 amide bonds. The van der Waals surface area contributed by atoms with E-state index in [2.05, 4.69) is 25.5 Å². The number of hydrogen-bond acceptors (Lipinski definition) is 6. The molecule has 134 valence electrons. The van der Waals surface area contributed by atoms with Crippen LogP contribution in [0, 0.1) is 0 Å². The van der Waals surface area contributed by atoms with Crippen molar-refractivity contribution in [3.8, 4) is 16.4 Å². The van der Waals surface area contributed by atoms with E-state index in [0.29, 0.717) is 18.8 Å². The molecule has 1 N–H and O–H groups in total. The van der Waals surface area contributed by atoms with Crippen LogP contribution in [0.2, 0.25) is 0 Å². The van der Waals surface area contributed by atoms with Gasteiger partial charge >= 0.3 is 0 Å². The summed E-state index contributed by atoms with van der Waals surface area (Å²) in [5.74, 6) is 0.359. The fraction of sp³-hybridized carbons (Fsp3) is 0.105. The van der Waals surface area contributed by atoms with Crippen LogP contribution in [-0.4, -0.2) is 37.2 Å². The van der Waals surface area contributed by atoms with Crippen LogP contribution in [0.1, 0.15) is 16.2 Å². The van der Waals surface area contributed by atoms with Crippen molar-refractivity contribution in [2.24, 2.45) is 0 Å². The second kappa shape index (κ2) is 7.88. The molecular weight excluding hydrogens is 360 g/mol. The van der Waals surface area contributed by atoms with Crippen LogP contribution in [0.4, 0.5) is 0 Å². The zero-order valence-corrected chi connectivity index (χ0v) is 15.1. The van der Waals surface area contributed by atoms with Gasteiger partial charge in [0.25, 0.3) is 5.91 Å². The van der Waals surface area contributed by atoms with Gasteiger partial charge in [0.2, 0.25) is 0 Å².